The minimum absolute atomic E-state index is 0.0316. The van der Waals surface area contributed by atoms with Crippen LogP contribution >= 0.6 is 39.1 Å². The Morgan fingerprint density at radius 3 is 2.52 bits per heavy atom. The summed E-state index contributed by atoms with van der Waals surface area (Å²) in [6.45, 7) is 0.334. The number of hydrogen-bond acceptors (Lipinski definition) is 5. The van der Waals surface area contributed by atoms with Gasteiger partial charge in [0.2, 0.25) is 0 Å². The number of anilines is 1. The molecule has 166 valence electrons. The zero-order chi connectivity index (χ0) is 24.0. The molecule has 0 atom stereocenters. The van der Waals surface area contributed by atoms with Crippen molar-refractivity contribution in [2.24, 2.45) is 0 Å². The number of amides is 1. The molecule has 1 amide bonds. The fourth-order valence-corrected chi connectivity index (χ4v) is 3.49. The number of nitriles is 1. The van der Waals surface area contributed by atoms with Crippen molar-refractivity contribution in [3.8, 4) is 11.8 Å². The summed E-state index contributed by atoms with van der Waals surface area (Å²) in [4.78, 5) is 22.9. The van der Waals surface area contributed by atoms with Crippen LogP contribution in [0.5, 0.6) is 5.75 Å². The molecule has 0 aliphatic heterocycles. The molecule has 0 saturated heterocycles. The summed E-state index contributed by atoms with van der Waals surface area (Å²) in [5.41, 5.74) is 1.09. The topological polar surface area (TPSA) is 105 Å². The van der Waals surface area contributed by atoms with Gasteiger partial charge in [-0.3, -0.25) is 14.9 Å². The van der Waals surface area contributed by atoms with Crippen molar-refractivity contribution >= 4 is 62.5 Å². The van der Waals surface area contributed by atoms with Crippen molar-refractivity contribution in [3.63, 3.8) is 0 Å². The number of nitro benzene ring substituents is 1. The monoisotopic (exact) mass is 545 g/mol. The van der Waals surface area contributed by atoms with E-state index in [9.17, 15) is 20.2 Å². The predicted octanol–water partition coefficient (Wildman–Crippen LogP) is 6.79. The van der Waals surface area contributed by atoms with Gasteiger partial charge in [0, 0.05) is 17.2 Å². The second kappa shape index (κ2) is 11.0. The summed E-state index contributed by atoms with van der Waals surface area (Å²) in [6.07, 6.45) is 1.38. The maximum Gasteiger partial charge on any atom is 0.271 e. The number of carbonyl (C=O) groups is 1. The summed E-state index contributed by atoms with van der Waals surface area (Å²) in [6, 6.07) is 17.8. The largest absolute Gasteiger partial charge is 0.488 e. The second-order valence-corrected chi connectivity index (χ2v) is 8.35. The Bertz CT molecular complexity index is 1290. The standard InChI is InChI=1S/C23H14BrCl2N3O4/c24-19-10-15(3-8-22(19)33-13-14-1-4-17(25)5-2-14)9-16(12-27)23(30)28-21-11-18(29(31)32)6-7-20(21)26/h1-11H,13H2,(H,28,30)/b16-9+. The van der Waals surface area contributed by atoms with Crippen molar-refractivity contribution in [1.29, 1.82) is 5.26 Å². The minimum Gasteiger partial charge on any atom is -0.488 e. The number of carbonyl (C=O) groups excluding carboxylic acids is 1. The lowest BCUT2D eigenvalue weighted by atomic mass is 10.1. The Kier molecular flexibility index (Phi) is 8.06. The number of nitro groups is 1. The highest BCUT2D eigenvalue weighted by Gasteiger charge is 2.15. The molecular formula is C23H14BrCl2N3O4. The highest BCUT2D eigenvalue weighted by Crippen LogP contribution is 2.29. The Morgan fingerprint density at radius 1 is 1.15 bits per heavy atom. The molecule has 0 radical (unpaired) electrons. The third-order valence-electron chi connectivity index (χ3n) is 4.35. The van der Waals surface area contributed by atoms with E-state index >= 15 is 0 Å². The van der Waals surface area contributed by atoms with Gasteiger partial charge in [-0.15, -0.1) is 0 Å². The van der Waals surface area contributed by atoms with Gasteiger partial charge in [0.15, 0.2) is 0 Å². The van der Waals surface area contributed by atoms with E-state index in [-0.39, 0.29) is 22.0 Å². The molecule has 33 heavy (non-hydrogen) atoms. The maximum atomic E-state index is 12.5. The van der Waals surface area contributed by atoms with Crippen LogP contribution in [-0.2, 0) is 11.4 Å². The van der Waals surface area contributed by atoms with Crippen molar-refractivity contribution < 1.29 is 14.5 Å². The molecule has 10 heteroatoms. The Morgan fingerprint density at radius 2 is 1.88 bits per heavy atom. The van der Waals surface area contributed by atoms with Crippen molar-refractivity contribution in [2.45, 2.75) is 6.61 Å². The molecule has 7 nitrogen and oxygen atoms in total. The van der Waals surface area contributed by atoms with E-state index < -0.39 is 10.8 Å². The van der Waals surface area contributed by atoms with E-state index in [1.54, 1.807) is 30.3 Å². The summed E-state index contributed by atoms with van der Waals surface area (Å²) < 4.78 is 6.42. The number of rotatable bonds is 7. The van der Waals surface area contributed by atoms with Gasteiger partial charge >= 0.3 is 0 Å². The molecule has 0 saturated carbocycles. The number of hydrogen-bond donors (Lipinski definition) is 1. The maximum absolute atomic E-state index is 12.5. The molecule has 0 aliphatic carbocycles. The van der Waals surface area contributed by atoms with Gasteiger partial charge in [-0.05, 0) is 63.5 Å². The fourth-order valence-electron chi connectivity index (χ4n) is 2.69. The molecule has 0 bridgehead atoms. The van der Waals surface area contributed by atoms with Gasteiger partial charge in [0.1, 0.15) is 24.0 Å². The average molecular weight is 547 g/mol. The molecule has 3 rings (SSSR count). The van der Waals surface area contributed by atoms with Crippen molar-refractivity contribution in [1.82, 2.24) is 0 Å². The van der Waals surface area contributed by atoms with E-state index in [1.807, 2.05) is 18.2 Å². The number of nitrogens with zero attached hydrogens (tertiary/aromatic N) is 2. The molecule has 0 aromatic heterocycles. The van der Waals surface area contributed by atoms with Gasteiger partial charge in [0.25, 0.3) is 11.6 Å². The first-order chi connectivity index (χ1) is 15.8. The molecule has 0 spiro atoms. The van der Waals surface area contributed by atoms with E-state index in [2.05, 4.69) is 21.2 Å². The normalized spacial score (nSPS) is 10.9. The van der Waals surface area contributed by atoms with E-state index in [4.69, 9.17) is 27.9 Å². The van der Waals surface area contributed by atoms with Crippen LogP contribution in [0.3, 0.4) is 0 Å². The number of nitrogens with one attached hydrogen (secondary N) is 1. The lowest BCUT2D eigenvalue weighted by Crippen LogP contribution is -2.14. The van der Waals surface area contributed by atoms with Crippen LogP contribution in [0.4, 0.5) is 11.4 Å². The quantitative estimate of drug-likeness (QED) is 0.152. The van der Waals surface area contributed by atoms with E-state index in [0.29, 0.717) is 27.4 Å². The van der Waals surface area contributed by atoms with E-state index in [1.165, 1.54) is 18.2 Å². The third-order valence-corrected chi connectivity index (χ3v) is 5.55. The summed E-state index contributed by atoms with van der Waals surface area (Å²) in [5.74, 6) is -0.174. The molecule has 3 aromatic carbocycles. The highest BCUT2D eigenvalue weighted by molar-refractivity contribution is 9.10. The summed E-state index contributed by atoms with van der Waals surface area (Å²) >= 11 is 15.3. The van der Waals surface area contributed by atoms with Gasteiger partial charge in [-0.25, -0.2) is 0 Å². The average Bonchev–Trinajstić information content (AvgIpc) is 2.79. The van der Waals surface area contributed by atoms with Crippen LogP contribution in [0.2, 0.25) is 10.0 Å². The molecule has 3 aromatic rings. The second-order valence-electron chi connectivity index (χ2n) is 6.65. The molecule has 0 heterocycles. The highest BCUT2D eigenvalue weighted by atomic mass is 79.9. The van der Waals surface area contributed by atoms with Crippen molar-refractivity contribution in [3.05, 3.63) is 102 Å². The number of ether oxygens (including phenoxy) is 1. The Hall–Kier alpha value is -3.38. The lowest BCUT2D eigenvalue weighted by molar-refractivity contribution is -0.384. The van der Waals surface area contributed by atoms with Crippen molar-refractivity contribution in [2.75, 3.05) is 5.32 Å². The molecule has 1 N–H and O–H groups in total. The first-order valence-electron chi connectivity index (χ1n) is 9.30. The van der Waals surface area contributed by atoms with Gasteiger partial charge < -0.3 is 10.1 Å². The first kappa shape index (κ1) is 24.3. The summed E-state index contributed by atoms with van der Waals surface area (Å²) in [5, 5.41) is 23.6. The third kappa shape index (κ3) is 6.56. The lowest BCUT2D eigenvalue weighted by Gasteiger charge is -2.10. The number of halogens is 3. The number of benzene rings is 3. The SMILES string of the molecule is N#C/C(=C\c1ccc(OCc2ccc(Cl)cc2)c(Br)c1)C(=O)Nc1cc([N+](=O)[O-])ccc1Cl. The molecular weight excluding hydrogens is 533 g/mol. The summed E-state index contributed by atoms with van der Waals surface area (Å²) in [7, 11) is 0. The van der Waals surface area contributed by atoms with Gasteiger partial charge in [0.05, 0.1) is 20.1 Å². The van der Waals surface area contributed by atoms with Crippen LogP contribution in [0.25, 0.3) is 6.08 Å². The zero-order valence-electron chi connectivity index (χ0n) is 16.7. The smallest absolute Gasteiger partial charge is 0.271 e. The van der Waals surface area contributed by atoms with Crippen LogP contribution in [0.15, 0.2) is 70.7 Å². The molecule has 0 unspecified atom stereocenters. The van der Waals surface area contributed by atoms with E-state index in [0.717, 1.165) is 11.6 Å². The van der Waals surface area contributed by atoms with Gasteiger partial charge in [-0.2, -0.15) is 5.26 Å². The van der Waals surface area contributed by atoms with Crippen LogP contribution in [0.1, 0.15) is 11.1 Å². The van der Waals surface area contributed by atoms with Crippen LogP contribution < -0.4 is 10.1 Å². The fraction of sp³-hybridized carbons (Fsp3) is 0.0435. The number of non-ortho nitro benzene ring substituents is 1. The predicted molar refractivity (Wildman–Crippen MR) is 130 cm³/mol. The molecule has 0 fully saturated rings. The van der Waals surface area contributed by atoms with Crippen LogP contribution in [0, 0.1) is 21.4 Å². The first-order valence-corrected chi connectivity index (χ1v) is 10.9. The Balaban J connectivity index is 1.74. The zero-order valence-corrected chi connectivity index (χ0v) is 19.8. The molecule has 0 aliphatic rings. The van der Waals surface area contributed by atoms with Gasteiger partial charge in [-0.1, -0.05) is 41.4 Å². The Labute approximate surface area is 207 Å². The van der Waals surface area contributed by atoms with Crippen LogP contribution in [-0.4, -0.2) is 10.8 Å². The minimum atomic E-state index is -0.751.